The van der Waals surface area contributed by atoms with Gasteiger partial charge in [0.15, 0.2) is 8.32 Å². The third-order valence-corrected chi connectivity index (χ3v) is 8.52. The molecule has 1 saturated heterocycles. The molecular formula is C12H25NO2Si. The minimum atomic E-state index is -1.67. The molecule has 0 aromatic carbocycles. The van der Waals surface area contributed by atoms with Crippen LogP contribution in [0.2, 0.25) is 18.1 Å². The summed E-state index contributed by atoms with van der Waals surface area (Å²) >= 11 is 0. The number of β-lactam (4-membered cyclic amide) rings is 1. The van der Waals surface area contributed by atoms with Crippen LogP contribution in [0.4, 0.5) is 0 Å². The van der Waals surface area contributed by atoms with Crippen LogP contribution in [0.25, 0.3) is 0 Å². The fraction of sp³-hybridized carbons (Fsp3) is 0.917. The maximum absolute atomic E-state index is 11.2. The average molecular weight is 243 g/mol. The Bertz CT molecular complexity index is 271. The molecule has 16 heavy (non-hydrogen) atoms. The van der Waals surface area contributed by atoms with Crippen LogP contribution >= 0.6 is 0 Å². The first-order chi connectivity index (χ1) is 7.19. The van der Waals surface area contributed by atoms with Gasteiger partial charge in [-0.2, -0.15) is 0 Å². The molecule has 94 valence electrons. The molecule has 1 N–H and O–H groups in total. The van der Waals surface area contributed by atoms with Crippen molar-refractivity contribution in [1.29, 1.82) is 0 Å². The summed E-state index contributed by atoms with van der Waals surface area (Å²) in [7, 11) is -1.67. The molecule has 2 atom stereocenters. The first kappa shape index (κ1) is 13.7. The lowest BCUT2D eigenvalue weighted by Gasteiger charge is -2.41. The zero-order chi connectivity index (χ0) is 12.6. The fourth-order valence-electron chi connectivity index (χ4n) is 1.62. The van der Waals surface area contributed by atoms with Crippen molar-refractivity contribution >= 4 is 14.2 Å². The van der Waals surface area contributed by atoms with Crippen molar-refractivity contribution < 1.29 is 9.22 Å². The van der Waals surface area contributed by atoms with Crippen LogP contribution in [0.15, 0.2) is 0 Å². The average Bonchev–Trinajstić information content (AvgIpc) is 2.10. The Morgan fingerprint density at radius 1 is 1.38 bits per heavy atom. The van der Waals surface area contributed by atoms with E-state index in [1.165, 1.54) is 0 Å². The number of nitrogens with one attached hydrogen (secondary N) is 1. The molecule has 1 fully saturated rings. The van der Waals surface area contributed by atoms with E-state index in [2.05, 4.69) is 46.1 Å². The molecule has 0 spiro atoms. The molecule has 2 unspecified atom stereocenters. The van der Waals surface area contributed by atoms with E-state index in [1.807, 2.05) is 0 Å². The highest BCUT2D eigenvalue weighted by Gasteiger charge is 2.42. The third-order valence-electron chi connectivity index (χ3n) is 4.02. The van der Waals surface area contributed by atoms with Crippen molar-refractivity contribution in [2.45, 2.75) is 58.3 Å². The Morgan fingerprint density at radius 2 is 1.94 bits per heavy atom. The van der Waals surface area contributed by atoms with Crippen molar-refractivity contribution in [2.24, 2.45) is 5.92 Å². The van der Waals surface area contributed by atoms with Gasteiger partial charge in [0.05, 0.1) is 18.6 Å². The third kappa shape index (κ3) is 2.66. The molecule has 3 nitrogen and oxygen atoms in total. The van der Waals surface area contributed by atoms with Gasteiger partial charge in [0, 0.05) is 0 Å². The minimum absolute atomic E-state index is 0.171. The lowest BCUT2D eigenvalue weighted by atomic mass is 9.89. The second-order valence-electron chi connectivity index (χ2n) is 6.20. The van der Waals surface area contributed by atoms with Crippen molar-refractivity contribution in [2.75, 3.05) is 6.61 Å². The summed E-state index contributed by atoms with van der Waals surface area (Å²) in [5.74, 6) is 0.357. The van der Waals surface area contributed by atoms with Crippen LogP contribution < -0.4 is 5.32 Å². The van der Waals surface area contributed by atoms with E-state index >= 15 is 0 Å². The van der Waals surface area contributed by atoms with Gasteiger partial charge in [-0.3, -0.25) is 4.79 Å². The number of hydrogen-bond acceptors (Lipinski definition) is 2. The van der Waals surface area contributed by atoms with E-state index in [1.54, 1.807) is 0 Å². The van der Waals surface area contributed by atoms with E-state index < -0.39 is 8.32 Å². The molecular weight excluding hydrogens is 218 g/mol. The van der Waals surface area contributed by atoms with E-state index in [4.69, 9.17) is 4.43 Å². The Balaban J connectivity index is 2.44. The molecule has 1 aliphatic heterocycles. The van der Waals surface area contributed by atoms with Crippen molar-refractivity contribution in [3.63, 3.8) is 0 Å². The molecule has 4 heteroatoms. The van der Waals surface area contributed by atoms with Gasteiger partial charge in [-0.05, 0) is 24.6 Å². The Hall–Kier alpha value is -0.353. The first-order valence-corrected chi connectivity index (χ1v) is 9.04. The minimum Gasteiger partial charge on any atom is -0.415 e. The van der Waals surface area contributed by atoms with Gasteiger partial charge >= 0.3 is 0 Å². The van der Waals surface area contributed by atoms with E-state index in [0.717, 1.165) is 6.42 Å². The van der Waals surface area contributed by atoms with Crippen molar-refractivity contribution in [3.05, 3.63) is 0 Å². The van der Waals surface area contributed by atoms with Crippen LogP contribution in [0.5, 0.6) is 0 Å². The maximum Gasteiger partial charge on any atom is 0.225 e. The Labute approximate surface area is 100 Å². The summed E-state index contributed by atoms with van der Waals surface area (Å²) in [6.45, 7) is 13.9. The molecule has 0 bridgehead atoms. The van der Waals surface area contributed by atoms with Crippen molar-refractivity contribution in [3.8, 4) is 0 Å². The van der Waals surface area contributed by atoms with E-state index in [0.29, 0.717) is 6.61 Å². The summed E-state index contributed by atoms with van der Waals surface area (Å²) in [6, 6.07) is 0.242. The first-order valence-electron chi connectivity index (χ1n) is 6.13. The molecule has 0 radical (unpaired) electrons. The van der Waals surface area contributed by atoms with Gasteiger partial charge in [-0.1, -0.05) is 27.7 Å². The van der Waals surface area contributed by atoms with Gasteiger partial charge in [-0.25, -0.2) is 0 Å². The number of carbonyl (C=O) groups is 1. The fourth-order valence-corrected chi connectivity index (χ4v) is 2.65. The lowest BCUT2D eigenvalue weighted by molar-refractivity contribution is -0.136. The van der Waals surface area contributed by atoms with Crippen molar-refractivity contribution in [1.82, 2.24) is 5.32 Å². The number of hydrogen-bond donors (Lipinski definition) is 1. The molecule has 0 saturated carbocycles. The highest BCUT2D eigenvalue weighted by Crippen LogP contribution is 2.37. The highest BCUT2D eigenvalue weighted by atomic mass is 28.4. The second kappa shape index (κ2) is 4.49. The maximum atomic E-state index is 11.2. The zero-order valence-electron chi connectivity index (χ0n) is 11.4. The molecule has 0 aromatic heterocycles. The Morgan fingerprint density at radius 3 is 2.31 bits per heavy atom. The quantitative estimate of drug-likeness (QED) is 0.609. The van der Waals surface area contributed by atoms with Crippen LogP contribution in [0.3, 0.4) is 0 Å². The topological polar surface area (TPSA) is 38.3 Å². The van der Waals surface area contributed by atoms with Gasteiger partial charge in [-0.15, -0.1) is 0 Å². The predicted octanol–water partition coefficient (Wildman–Crippen LogP) is 2.53. The van der Waals surface area contributed by atoms with Crippen LogP contribution in [0.1, 0.15) is 34.1 Å². The summed E-state index contributed by atoms with van der Waals surface area (Å²) in [5.41, 5.74) is 0. The van der Waals surface area contributed by atoms with Gasteiger partial charge in [0.25, 0.3) is 0 Å². The Kier molecular flexibility index (Phi) is 3.85. The van der Waals surface area contributed by atoms with Gasteiger partial charge in [0.2, 0.25) is 5.91 Å². The number of amides is 1. The lowest BCUT2D eigenvalue weighted by Crippen LogP contribution is -2.61. The summed E-state index contributed by atoms with van der Waals surface area (Å²) in [5, 5.41) is 3.16. The largest absolute Gasteiger partial charge is 0.415 e. The number of carbonyl (C=O) groups excluding carboxylic acids is 1. The zero-order valence-corrected chi connectivity index (χ0v) is 12.4. The van der Waals surface area contributed by atoms with Gasteiger partial charge in [0.1, 0.15) is 0 Å². The van der Waals surface area contributed by atoms with Crippen LogP contribution in [-0.4, -0.2) is 26.9 Å². The summed E-state index contributed by atoms with van der Waals surface area (Å²) in [4.78, 5) is 11.2. The van der Waals surface area contributed by atoms with Gasteiger partial charge < -0.3 is 9.74 Å². The summed E-state index contributed by atoms with van der Waals surface area (Å²) in [6.07, 6.45) is 0.914. The standard InChI is InChI=1S/C12H25NO2Si/c1-7-9-10(13-11(9)14)8-15-16(5,6)12(2,3)4/h9-10H,7-8H2,1-6H3,(H,13,14). The highest BCUT2D eigenvalue weighted by molar-refractivity contribution is 6.74. The molecule has 1 heterocycles. The van der Waals surface area contributed by atoms with E-state index in [-0.39, 0.29) is 22.9 Å². The normalized spacial score (nSPS) is 26.2. The molecule has 0 aliphatic carbocycles. The molecule has 1 amide bonds. The predicted molar refractivity (Wildman–Crippen MR) is 68.9 cm³/mol. The summed E-state index contributed by atoms with van der Waals surface area (Å²) < 4.78 is 6.10. The SMILES string of the molecule is CCC1C(=O)NC1CO[Si](C)(C)C(C)(C)C. The molecule has 0 aromatic rings. The monoisotopic (exact) mass is 243 g/mol. The molecule has 1 rings (SSSR count). The van der Waals surface area contributed by atoms with Crippen LogP contribution in [-0.2, 0) is 9.22 Å². The van der Waals surface area contributed by atoms with E-state index in [9.17, 15) is 4.79 Å². The second-order valence-corrected chi connectivity index (χ2v) is 11.0. The smallest absolute Gasteiger partial charge is 0.225 e. The van der Waals surface area contributed by atoms with Crippen LogP contribution in [0, 0.1) is 5.92 Å². The number of rotatable bonds is 4. The molecule has 1 aliphatic rings.